The van der Waals surface area contributed by atoms with Crippen LogP contribution in [0.2, 0.25) is 0 Å². The summed E-state index contributed by atoms with van der Waals surface area (Å²) in [5.74, 6) is 0.420. The minimum atomic E-state index is -3.87. The molecule has 0 aliphatic rings. The first-order valence-electron chi connectivity index (χ1n) is 5.17. The van der Waals surface area contributed by atoms with Crippen molar-refractivity contribution >= 4 is 10.0 Å². The van der Waals surface area contributed by atoms with Crippen molar-refractivity contribution in [2.24, 2.45) is 12.2 Å². The lowest BCUT2D eigenvalue weighted by atomic mass is 10.2. The molecule has 2 heterocycles. The van der Waals surface area contributed by atoms with Gasteiger partial charge in [-0.05, 0) is 26.0 Å². The summed E-state index contributed by atoms with van der Waals surface area (Å²) in [6.07, 6.45) is 0. The Morgan fingerprint density at radius 3 is 2.39 bits per heavy atom. The van der Waals surface area contributed by atoms with Crippen molar-refractivity contribution in [2.45, 2.75) is 19.0 Å². The van der Waals surface area contributed by atoms with Gasteiger partial charge in [0.05, 0.1) is 0 Å². The molecule has 7 nitrogen and oxygen atoms in total. The van der Waals surface area contributed by atoms with Crippen LogP contribution >= 0.6 is 0 Å². The number of hydrogen-bond acceptors (Lipinski definition) is 5. The second kappa shape index (κ2) is 4.14. The molecule has 0 spiro atoms. The van der Waals surface area contributed by atoms with Crippen molar-refractivity contribution in [3.05, 3.63) is 23.5 Å². The van der Waals surface area contributed by atoms with E-state index in [-0.39, 0.29) is 5.16 Å². The number of hydrogen-bond donors (Lipinski definition) is 1. The van der Waals surface area contributed by atoms with Gasteiger partial charge < -0.3 is 0 Å². The van der Waals surface area contributed by atoms with Gasteiger partial charge in [0.15, 0.2) is 5.82 Å². The summed E-state index contributed by atoms with van der Waals surface area (Å²) in [5, 5.41) is 12.2. The quantitative estimate of drug-likeness (QED) is 0.833. The van der Waals surface area contributed by atoms with Crippen molar-refractivity contribution in [3.8, 4) is 11.4 Å². The highest BCUT2D eigenvalue weighted by Gasteiger charge is 2.20. The van der Waals surface area contributed by atoms with Crippen LogP contribution in [-0.4, -0.2) is 28.2 Å². The molecule has 0 aliphatic carbocycles. The zero-order chi connectivity index (χ0) is 13.5. The van der Waals surface area contributed by atoms with Gasteiger partial charge in [-0.2, -0.15) is 0 Å². The van der Waals surface area contributed by atoms with E-state index in [4.69, 9.17) is 5.14 Å². The Bertz CT molecular complexity index is 705. The lowest BCUT2D eigenvalue weighted by Crippen LogP contribution is -2.17. The summed E-state index contributed by atoms with van der Waals surface area (Å²) >= 11 is 0. The largest absolute Gasteiger partial charge is 0.300 e. The van der Waals surface area contributed by atoms with E-state index in [0.717, 1.165) is 17.0 Å². The summed E-state index contributed by atoms with van der Waals surface area (Å²) in [6.45, 7) is 3.71. The van der Waals surface area contributed by atoms with Gasteiger partial charge in [0.1, 0.15) is 0 Å². The predicted molar refractivity (Wildman–Crippen MR) is 65.1 cm³/mol. The highest BCUT2D eigenvalue weighted by Crippen LogP contribution is 2.21. The van der Waals surface area contributed by atoms with E-state index < -0.39 is 10.0 Å². The van der Waals surface area contributed by atoms with E-state index in [1.807, 2.05) is 26.0 Å². The Labute approximate surface area is 105 Å². The van der Waals surface area contributed by atoms with Crippen LogP contribution in [0.5, 0.6) is 0 Å². The zero-order valence-electron chi connectivity index (χ0n) is 10.2. The molecule has 2 aromatic heterocycles. The normalized spacial score (nSPS) is 11.8. The van der Waals surface area contributed by atoms with Crippen LogP contribution in [0.25, 0.3) is 11.4 Å². The average Bonchev–Trinajstić information content (AvgIpc) is 2.60. The van der Waals surface area contributed by atoms with E-state index in [0.29, 0.717) is 5.82 Å². The minimum Gasteiger partial charge on any atom is -0.300 e. The van der Waals surface area contributed by atoms with Crippen molar-refractivity contribution < 1.29 is 8.42 Å². The minimum absolute atomic E-state index is 0.266. The van der Waals surface area contributed by atoms with Crippen LogP contribution in [0.1, 0.15) is 11.4 Å². The van der Waals surface area contributed by atoms with E-state index in [9.17, 15) is 8.42 Å². The van der Waals surface area contributed by atoms with Gasteiger partial charge in [0.2, 0.25) is 0 Å². The summed E-state index contributed by atoms with van der Waals surface area (Å²) in [6, 6.07) is 3.65. The summed E-state index contributed by atoms with van der Waals surface area (Å²) in [5.41, 5.74) is 2.36. The third-order valence-corrected chi connectivity index (χ3v) is 3.42. The van der Waals surface area contributed by atoms with Crippen LogP contribution in [0.3, 0.4) is 0 Å². The molecule has 8 heteroatoms. The topological polar surface area (TPSA) is 104 Å². The Morgan fingerprint density at radius 2 is 1.89 bits per heavy atom. The van der Waals surface area contributed by atoms with Crippen LogP contribution < -0.4 is 5.14 Å². The molecule has 18 heavy (non-hydrogen) atoms. The van der Waals surface area contributed by atoms with E-state index in [2.05, 4.69) is 15.2 Å². The number of nitrogens with zero attached hydrogens (tertiary/aromatic N) is 4. The molecule has 0 unspecified atom stereocenters. The fourth-order valence-electron chi connectivity index (χ4n) is 1.72. The molecule has 96 valence electrons. The molecule has 0 bridgehead atoms. The van der Waals surface area contributed by atoms with Crippen molar-refractivity contribution in [2.75, 3.05) is 0 Å². The molecule has 2 N–H and O–H groups in total. The number of pyridine rings is 1. The van der Waals surface area contributed by atoms with Crippen molar-refractivity contribution in [3.63, 3.8) is 0 Å². The Morgan fingerprint density at radius 1 is 1.22 bits per heavy atom. The molecule has 2 rings (SSSR count). The standard InChI is InChI=1S/C10H13N5O2S/c1-6-4-5-8(7(2)12-6)9-13-14-10(15(9)3)18(11,16)17/h4-5H,1-3H3,(H2,11,16,17). The number of nitrogens with two attached hydrogens (primary N) is 1. The van der Waals surface area contributed by atoms with Gasteiger partial charge in [-0.25, -0.2) is 13.6 Å². The molecule has 0 radical (unpaired) electrons. The first kappa shape index (κ1) is 12.7. The maximum absolute atomic E-state index is 11.3. The fraction of sp³-hybridized carbons (Fsp3) is 0.300. The number of aromatic nitrogens is 4. The lowest BCUT2D eigenvalue weighted by Gasteiger charge is -2.05. The summed E-state index contributed by atoms with van der Waals surface area (Å²) in [4.78, 5) is 4.30. The highest BCUT2D eigenvalue weighted by molar-refractivity contribution is 7.89. The summed E-state index contributed by atoms with van der Waals surface area (Å²) < 4.78 is 23.9. The zero-order valence-corrected chi connectivity index (χ0v) is 11.1. The van der Waals surface area contributed by atoms with Gasteiger partial charge in [-0.1, -0.05) is 0 Å². The number of aryl methyl sites for hydroxylation is 2. The molecule has 0 atom stereocenters. The second-order valence-electron chi connectivity index (χ2n) is 4.00. The Balaban J connectivity index is 2.63. The molecule has 0 aromatic carbocycles. The van der Waals surface area contributed by atoms with E-state index in [1.165, 1.54) is 4.57 Å². The molecule has 0 saturated carbocycles. The highest BCUT2D eigenvalue weighted by atomic mass is 32.2. The van der Waals surface area contributed by atoms with Crippen LogP contribution in [0.4, 0.5) is 0 Å². The van der Waals surface area contributed by atoms with Gasteiger partial charge in [0.25, 0.3) is 15.2 Å². The monoisotopic (exact) mass is 267 g/mol. The van der Waals surface area contributed by atoms with Crippen LogP contribution in [0.15, 0.2) is 17.3 Å². The average molecular weight is 267 g/mol. The molecular weight excluding hydrogens is 254 g/mol. The maximum Gasteiger partial charge on any atom is 0.273 e. The lowest BCUT2D eigenvalue weighted by molar-refractivity contribution is 0.580. The van der Waals surface area contributed by atoms with Crippen molar-refractivity contribution in [1.29, 1.82) is 0 Å². The van der Waals surface area contributed by atoms with Crippen LogP contribution in [-0.2, 0) is 17.1 Å². The molecule has 0 amide bonds. The number of sulfonamides is 1. The molecule has 0 saturated heterocycles. The van der Waals surface area contributed by atoms with E-state index >= 15 is 0 Å². The fourth-order valence-corrected chi connectivity index (χ4v) is 2.34. The maximum atomic E-state index is 11.3. The third kappa shape index (κ3) is 2.12. The summed E-state index contributed by atoms with van der Waals surface area (Å²) in [7, 11) is -2.32. The predicted octanol–water partition coefficient (Wildman–Crippen LogP) is 0.141. The molecule has 0 fully saturated rings. The number of primary sulfonamides is 1. The SMILES string of the molecule is Cc1ccc(-c2nnc(S(N)(=O)=O)n2C)c(C)n1. The molecule has 0 aliphatic heterocycles. The first-order chi connectivity index (χ1) is 8.30. The Hall–Kier alpha value is -1.80. The van der Waals surface area contributed by atoms with E-state index in [1.54, 1.807) is 7.05 Å². The first-order valence-corrected chi connectivity index (χ1v) is 6.72. The van der Waals surface area contributed by atoms with Gasteiger partial charge in [0, 0.05) is 24.0 Å². The van der Waals surface area contributed by atoms with Crippen LogP contribution in [0, 0.1) is 13.8 Å². The van der Waals surface area contributed by atoms with Gasteiger partial charge in [-0.15, -0.1) is 10.2 Å². The van der Waals surface area contributed by atoms with Gasteiger partial charge >= 0.3 is 0 Å². The molecule has 2 aromatic rings. The van der Waals surface area contributed by atoms with Gasteiger partial charge in [-0.3, -0.25) is 9.55 Å². The molecular formula is C10H13N5O2S. The third-order valence-electron chi connectivity index (χ3n) is 2.56. The Kier molecular flexibility index (Phi) is 2.91. The second-order valence-corrected chi connectivity index (χ2v) is 5.45. The smallest absolute Gasteiger partial charge is 0.273 e. The number of rotatable bonds is 2. The van der Waals surface area contributed by atoms with Crippen molar-refractivity contribution in [1.82, 2.24) is 19.7 Å².